The average Bonchev–Trinajstić information content (AvgIpc) is 3.18. The lowest BCUT2D eigenvalue weighted by molar-refractivity contribution is 0.0938. The minimum absolute atomic E-state index is 0.0228. The van der Waals surface area contributed by atoms with Gasteiger partial charge in [0.05, 0.1) is 12.8 Å². The fourth-order valence-electron chi connectivity index (χ4n) is 3.26. The fraction of sp³-hybridized carbons (Fsp3) is 0.182. The standard InChI is InChI=1S/C22H21BrN6O5/c1-28-19-18(20(32)26-22(28)33)29(11-15(30)12-34-16-5-3-2-4-6-16)21(25-19)27-24-10-13-9-14(23)7-8-17(13)31/h2-10,15,30-31H,11-12H2,1H3,(H,25,27)(H,26,32,33)/t15-/m1/s1. The van der Waals surface area contributed by atoms with Gasteiger partial charge in [0.15, 0.2) is 11.2 Å². The van der Waals surface area contributed by atoms with Crippen molar-refractivity contribution in [3.8, 4) is 11.5 Å². The van der Waals surface area contributed by atoms with Crippen molar-refractivity contribution in [1.82, 2.24) is 19.1 Å². The first-order valence-corrected chi connectivity index (χ1v) is 11.0. The number of aliphatic hydroxyl groups is 1. The Hall–Kier alpha value is -3.90. The summed E-state index contributed by atoms with van der Waals surface area (Å²) < 4.78 is 8.96. The molecule has 0 fully saturated rings. The summed E-state index contributed by atoms with van der Waals surface area (Å²) in [7, 11) is 1.47. The second kappa shape index (κ2) is 9.93. The molecule has 2 aromatic carbocycles. The van der Waals surface area contributed by atoms with Gasteiger partial charge in [0.1, 0.15) is 24.2 Å². The summed E-state index contributed by atoms with van der Waals surface area (Å²) in [4.78, 5) is 31.2. The first kappa shape index (κ1) is 23.3. The number of aliphatic hydroxyl groups excluding tert-OH is 1. The highest BCUT2D eigenvalue weighted by molar-refractivity contribution is 9.10. The first-order valence-electron chi connectivity index (χ1n) is 10.2. The predicted octanol–water partition coefficient (Wildman–Crippen LogP) is 1.78. The lowest BCUT2D eigenvalue weighted by Gasteiger charge is -2.15. The Bertz CT molecular complexity index is 1460. The average molecular weight is 529 g/mol. The van der Waals surface area contributed by atoms with Gasteiger partial charge in [0, 0.05) is 17.1 Å². The van der Waals surface area contributed by atoms with Gasteiger partial charge in [-0.2, -0.15) is 10.1 Å². The van der Waals surface area contributed by atoms with Crippen molar-refractivity contribution < 1.29 is 14.9 Å². The van der Waals surface area contributed by atoms with E-state index in [4.69, 9.17) is 4.74 Å². The molecule has 0 aliphatic heterocycles. The lowest BCUT2D eigenvalue weighted by Crippen LogP contribution is -2.30. The third-order valence-corrected chi connectivity index (χ3v) is 5.44. The van der Waals surface area contributed by atoms with Gasteiger partial charge in [0.2, 0.25) is 5.95 Å². The summed E-state index contributed by atoms with van der Waals surface area (Å²) in [6.45, 7) is -0.105. The summed E-state index contributed by atoms with van der Waals surface area (Å²) in [6, 6.07) is 13.9. The lowest BCUT2D eigenvalue weighted by atomic mass is 10.2. The Morgan fingerprint density at radius 2 is 2.03 bits per heavy atom. The number of hydrazone groups is 1. The third kappa shape index (κ3) is 5.02. The van der Waals surface area contributed by atoms with Crippen LogP contribution >= 0.6 is 15.9 Å². The Kier molecular flexibility index (Phi) is 6.80. The maximum atomic E-state index is 12.6. The number of fused-ring (bicyclic) bond motifs is 1. The van der Waals surface area contributed by atoms with Gasteiger partial charge in [-0.1, -0.05) is 34.1 Å². The van der Waals surface area contributed by atoms with Crippen molar-refractivity contribution in [1.29, 1.82) is 0 Å². The molecule has 2 aromatic heterocycles. The molecule has 4 N–H and O–H groups in total. The Balaban J connectivity index is 1.64. The Labute approximate surface area is 201 Å². The molecule has 0 radical (unpaired) electrons. The van der Waals surface area contributed by atoms with Gasteiger partial charge in [0.25, 0.3) is 5.56 Å². The van der Waals surface area contributed by atoms with Crippen molar-refractivity contribution in [2.24, 2.45) is 12.1 Å². The summed E-state index contributed by atoms with van der Waals surface area (Å²) in [5.74, 6) is 0.731. The van der Waals surface area contributed by atoms with Crippen molar-refractivity contribution in [3.05, 3.63) is 79.4 Å². The molecule has 0 aliphatic carbocycles. The summed E-state index contributed by atoms with van der Waals surface area (Å²) >= 11 is 3.33. The van der Waals surface area contributed by atoms with Crippen LogP contribution in [0.3, 0.4) is 0 Å². The molecule has 11 nitrogen and oxygen atoms in total. The van der Waals surface area contributed by atoms with Crippen molar-refractivity contribution in [2.75, 3.05) is 12.0 Å². The van der Waals surface area contributed by atoms with E-state index in [2.05, 4.69) is 36.4 Å². The molecule has 0 aliphatic rings. The smallest absolute Gasteiger partial charge is 0.329 e. The summed E-state index contributed by atoms with van der Waals surface area (Å²) in [5, 5.41) is 24.7. The monoisotopic (exact) mass is 528 g/mol. The van der Waals surface area contributed by atoms with E-state index in [-0.39, 0.29) is 36.0 Å². The van der Waals surface area contributed by atoms with E-state index in [1.807, 2.05) is 18.2 Å². The zero-order valence-corrected chi connectivity index (χ0v) is 19.6. The van der Waals surface area contributed by atoms with E-state index in [0.29, 0.717) is 11.3 Å². The molecule has 12 heteroatoms. The molecule has 4 rings (SSSR count). The normalized spacial score (nSPS) is 12.3. The molecule has 2 heterocycles. The topological polar surface area (TPSA) is 147 Å². The number of nitrogens with zero attached hydrogens (tertiary/aromatic N) is 4. The van der Waals surface area contributed by atoms with Gasteiger partial charge in [-0.3, -0.25) is 14.3 Å². The molecule has 4 aromatic rings. The van der Waals surface area contributed by atoms with Gasteiger partial charge in [-0.05, 0) is 30.3 Å². The third-order valence-electron chi connectivity index (χ3n) is 4.94. The highest BCUT2D eigenvalue weighted by Crippen LogP contribution is 2.21. The number of benzene rings is 2. The molecule has 0 amide bonds. The number of aromatic nitrogens is 4. The van der Waals surface area contributed by atoms with Crippen LogP contribution in [0.1, 0.15) is 5.56 Å². The van der Waals surface area contributed by atoms with Crippen LogP contribution in [0.25, 0.3) is 11.2 Å². The SMILES string of the molecule is Cn1c(=O)[nH]c(=O)c2c1nc(NN=Cc1cc(Br)ccc1O)n2C[C@@H](O)COc1ccccc1. The largest absolute Gasteiger partial charge is 0.507 e. The number of anilines is 1. The number of imidazole rings is 1. The number of rotatable bonds is 8. The van der Waals surface area contributed by atoms with Gasteiger partial charge in [-0.25, -0.2) is 10.2 Å². The number of phenolic OH excluding ortho intramolecular Hbond substituents is 1. The number of nitrogens with one attached hydrogen (secondary N) is 2. The number of halogens is 1. The number of aryl methyl sites for hydroxylation is 1. The highest BCUT2D eigenvalue weighted by Gasteiger charge is 2.20. The minimum atomic E-state index is -1.01. The van der Waals surface area contributed by atoms with E-state index >= 15 is 0 Å². The second-order valence-electron chi connectivity index (χ2n) is 7.39. The predicted molar refractivity (Wildman–Crippen MR) is 131 cm³/mol. The van der Waals surface area contributed by atoms with Crippen LogP contribution in [0.5, 0.6) is 11.5 Å². The van der Waals surface area contributed by atoms with Crippen LogP contribution in [-0.2, 0) is 13.6 Å². The molecule has 0 saturated heterocycles. The van der Waals surface area contributed by atoms with E-state index in [1.54, 1.807) is 24.3 Å². The van der Waals surface area contributed by atoms with Crippen LogP contribution in [0, 0.1) is 0 Å². The number of hydrogen-bond acceptors (Lipinski definition) is 8. The first-order chi connectivity index (χ1) is 16.3. The molecular weight excluding hydrogens is 508 g/mol. The molecule has 0 unspecified atom stereocenters. The maximum absolute atomic E-state index is 12.6. The number of phenols is 1. The summed E-state index contributed by atoms with van der Waals surface area (Å²) in [6.07, 6.45) is 0.370. The number of aromatic hydroxyl groups is 1. The molecule has 176 valence electrons. The zero-order valence-electron chi connectivity index (χ0n) is 18.0. The van der Waals surface area contributed by atoms with E-state index in [0.717, 1.165) is 4.47 Å². The van der Waals surface area contributed by atoms with Crippen molar-refractivity contribution in [2.45, 2.75) is 12.6 Å². The Morgan fingerprint density at radius 3 is 2.79 bits per heavy atom. The van der Waals surface area contributed by atoms with Crippen LogP contribution in [0.15, 0.2) is 67.7 Å². The van der Waals surface area contributed by atoms with Crippen LogP contribution in [0.2, 0.25) is 0 Å². The maximum Gasteiger partial charge on any atom is 0.329 e. The minimum Gasteiger partial charge on any atom is -0.507 e. The molecule has 1 atom stereocenters. The van der Waals surface area contributed by atoms with Gasteiger partial charge < -0.3 is 19.5 Å². The summed E-state index contributed by atoms with van der Waals surface area (Å²) in [5.41, 5.74) is 2.10. The van der Waals surface area contributed by atoms with Crippen LogP contribution in [0.4, 0.5) is 5.95 Å². The molecule has 0 bridgehead atoms. The highest BCUT2D eigenvalue weighted by atomic mass is 79.9. The number of ether oxygens (including phenoxy) is 1. The molecular formula is C22H21BrN6O5. The molecule has 0 spiro atoms. The molecule has 34 heavy (non-hydrogen) atoms. The van der Waals surface area contributed by atoms with Crippen molar-refractivity contribution >= 4 is 39.3 Å². The van der Waals surface area contributed by atoms with Crippen LogP contribution < -0.4 is 21.4 Å². The number of hydrogen-bond donors (Lipinski definition) is 4. The van der Waals surface area contributed by atoms with Gasteiger partial charge in [-0.15, -0.1) is 0 Å². The van der Waals surface area contributed by atoms with Gasteiger partial charge >= 0.3 is 5.69 Å². The second-order valence-corrected chi connectivity index (χ2v) is 8.30. The van der Waals surface area contributed by atoms with Crippen molar-refractivity contribution in [3.63, 3.8) is 0 Å². The molecule has 0 saturated carbocycles. The fourth-order valence-corrected chi connectivity index (χ4v) is 3.64. The number of H-pyrrole nitrogens is 1. The quantitative estimate of drug-likeness (QED) is 0.201. The van der Waals surface area contributed by atoms with E-state index in [9.17, 15) is 19.8 Å². The number of aromatic amines is 1. The van der Waals surface area contributed by atoms with E-state index < -0.39 is 17.4 Å². The van der Waals surface area contributed by atoms with Crippen LogP contribution in [-0.4, -0.2) is 48.2 Å². The van der Waals surface area contributed by atoms with E-state index in [1.165, 1.54) is 28.5 Å². The number of para-hydroxylation sites is 1. The Morgan fingerprint density at radius 1 is 1.26 bits per heavy atom. The zero-order chi connectivity index (χ0) is 24.2.